The van der Waals surface area contributed by atoms with Gasteiger partial charge < -0.3 is 0 Å². The fraction of sp³-hybridized carbons (Fsp3) is 0.0909. The van der Waals surface area contributed by atoms with Crippen LogP contribution in [0.5, 0.6) is 0 Å². The lowest BCUT2D eigenvalue weighted by molar-refractivity contribution is -0.137. The minimum absolute atomic E-state index is 0.0362. The van der Waals surface area contributed by atoms with Gasteiger partial charge in [0.1, 0.15) is 0 Å². The Morgan fingerprint density at radius 1 is 0.680 bits per heavy atom. The van der Waals surface area contributed by atoms with E-state index in [-0.39, 0.29) is 5.92 Å². The number of hydrogen-bond donors (Lipinski definition) is 0. The van der Waals surface area contributed by atoms with Gasteiger partial charge in [0.25, 0.3) is 0 Å². The fourth-order valence-electron chi connectivity index (χ4n) is 3.43. The van der Waals surface area contributed by atoms with Crippen LogP contribution in [0, 0.1) is 0 Å². The van der Waals surface area contributed by atoms with Crippen LogP contribution in [-0.2, 0) is 6.18 Å². The molecule has 0 radical (unpaired) electrons. The molecule has 3 heteroatoms. The maximum absolute atomic E-state index is 12.8. The smallest absolute Gasteiger partial charge is 0.166 e. The van der Waals surface area contributed by atoms with E-state index in [0.717, 1.165) is 34.4 Å². The molecule has 4 rings (SSSR count). The maximum atomic E-state index is 12.8. The third-order valence-electron chi connectivity index (χ3n) is 4.61. The van der Waals surface area contributed by atoms with Crippen molar-refractivity contribution in [2.75, 3.05) is 0 Å². The average molecular weight is 336 g/mol. The highest BCUT2D eigenvalue weighted by atomic mass is 19.4. The van der Waals surface area contributed by atoms with Crippen molar-refractivity contribution in [3.8, 4) is 0 Å². The first-order valence-electron chi connectivity index (χ1n) is 8.07. The van der Waals surface area contributed by atoms with Crippen molar-refractivity contribution in [3.05, 3.63) is 107 Å². The largest absolute Gasteiger partial charge is 0.416 e. The molecule has 0 amide bonds. The van der Waals surface area contributed by atoms with Gasteiger partial charge in [-0.15, -0.1) is 0 Å². The number of rotatable bonds is 2. The molecular formula is C22H15F3. The van der Waals surface area contributed by atoms with E-state index in [0.29, 0.717) is 0 Å². The lowest BCUT2D eigenvalue weighted by Gasteiger charge is -2.18. The fourth-order valence-corrected chi connectivity index (χ4v) is 3.43. The Hall–Kier alpha value is -2.81. The maximum Gasteiger partial charge on any atom is 0.416 e. The van der Waals surface area contributed by atoms with Gasteiger partial charge in [-0.05, 0) is 46.0 Å². The van der Waals surface area contributed by atoms with Crippen LogP contribution in [0.1, 0.15) is 33.7 Å². The van der Waals surface area contributed by atoms with Gasteiger partial charge in [0, 0.05) is 5.92 Å². The Labute approximate surface area is 144 Å². The van der Waals surface area contributed by atoms with Crippen LogP contribution in [-0.4, -0.2) is 0 Å². The average Bonchev–Trinajstić information content (AvgIpc) is 3.01. The Kier molecular flexibility index (Phi) is 3.72. The minimum atomic E-state index is -4.32. The van der Waals surface area contributed by atoms with E-state index in [1.807, 2.05) is 36.4 Å². The van der Waals surface area contributed by atoms with E-state index in [2.05, 4.69) is 24.3 Å². The van der Waals surface area contributed by atoms with Crippen LogP contribution in [0.25, 0.3) is 11.6 Å². The van der Waals surface area contributed by atoms with Crippen molar-refractivity contribution in [2.45, 2.75) is 12.1 Å². The predicted molar refractivity (Wildman–Crippen MR) is 94.0 cm³/mol. The molecular weight excluding hydrogens is 321 g/mol. The molecule has 1 unspecified atom stereocenters. The molecule has 0 bridgehead atoms. The topological polar surface area (TPSA) is 0 Å². The van der Waals surface area contributed by atoms with Gasteiger partial charge in [-0.2, -0.15) is 13.2 Å². The van der Waals surface area contributed by atoms with E-state index >= 15 is 0 Å². The second-order valence-corrected chi connectivity index (χ2v) is 6.15. The third kappa shape index (κ3) is 2.86. The van der Waals surface area contributed by atoms with Gasteiger partial charge >= 0.3 is 6.18 Å². The summed E-state index contributed by atoms with van der Waals surface area (Å²) in [7, 11) is 0. The van der Waals surface area contributed by atoms with E-state index < -0.39 is 11.7 Å². The summed E-state index contributed by atoms with van der Waals surface area (Å²) >= 11 is 0. The molecule has 0 aromatic heterocycles. The first-order valence-corrected chi connectivity index (χ1v) is 8.07. The quantitative estimate of drug-likeness (QED) is 0.508. The number of allylic oxidation sites excluding steroid dienone is 1. The van der Waals surface area contributed by atoms with E-state index in [1.165, 1.54) is 5.56 Å². The van der Waals surface area contributed by atoms with Gasteiger partial charge in [0.15, 0.2) is 0 Å². The highest BCUT2D eigenvalue weighted by Crippen LogP contribution is 2.46. The Balaban J connectivity index is 1.80. The second-order valence-electron chi connectivity index (χ2n) is 6.15. The van der Waals surface area contributed by atoms with Gasteiger partial charge in [-0.25, -0.2) is 0 Å². The molecule has 0 nitrogen and oxygen atoms in total. The SMILES string of the molecule is FC(F)(F)c1ccc(C2=Cc3ccccc3C2c2ccccc2)cc1. The van der Waals surface area contributed by atoms with Crippen LogP contribution in [0.3, 0.4) is 0 Å². The molecule has 1 aliphatic rings. The highest BCUT2D eigenvalue weighted by molar-refractivity contribution is 5.93. The highest BCUT2D eigenvalue weighted by Gasteiger charge is 2.31. The van der Waals surface area contributed by atoms with E-state index in [9.17, 15) is 13.2 Å². The molecule has 0 aliphatic heterocycles. The minimum Gasteiger partial charge on any atom is -0.166 e. The van der Waals surface area contributed by atoms with Crippen molar-refractivity contribution >= 4 is 11.6 Å². The molecule has 0 N–H and O–H groups in total. The van der Waals surface area contributed by atoms with Crippen molar-refractivity contribution < 1.29 is 13.2 Å². The van der Waals surface area contributed by atoms with E-state index in [1.54, 1.807) is 12.1 Å². The molecule has 0 fully saturated rings. The molecule has 1 aliphatic carbocycles. The normalized spacial score (nSPS) is 16.4. The number of alkyl halides is 3. The molecule has 25 heavy (non-hydrogen) atoms. The van der Waals surface area contributed by atoms with Gasteiger partial charge in [-0.1, -0.05) is 66.7 Å². The lowest BCUT2D eigenvalue weighted by Crippen LogP contribution is -2.05. The van der Waals surface area contributed by atoms with Crippen molar-refractivity contribution in [3.63, 3.8) is 0 Å². The van der Waals surface area contributed by atoms with Crippen LogP contribution < -0.4 is 0 Å². The monoisotopic (exact) mass is 336 g/mol. The Morgan fingerprint density at radius 3 is 2.00 bits per heavy atom. The van der Waals surface area contributed by atoms with Gasteiger partial charge in [0.2, 0.25) is 0 Å². The summed E-state index contributed by atoms with van der Waals surface area (Å²) in [5.74, 6) is 0.0362. The zero-order valence-electron chi connectivity index (χ0n) is 13.3. The standard InChI is InChI=1S/C22H15F3/c23-22(24,25)18-12-10-15(11-13-18)20-14-17-8-4-5-9-19(17)21(20)16-6-2-1-3-7-16/h1-14,21H. The summed E-state index contributed by atoms with van der Waals surface area (Å²) in [4.78, 5) is 0. The van der Waals surface area contributed by atoms with E-state index in [4.69, 9.17) is 0 Å². The zero-order chi connectivity index (χ0) is 17.4. The molecule has 3 aromatic rings. The number of fused-ring (bicyclic) bond motifs is 1. The van der Waals surface area contributed by atoms with Crippen molar-refractivity contribution in [1.29, 1.82) is 0 Å². The third-order valence-corrected chi connectivity index (χ3v) is 4.61. The van der Waals surface area contributed by atoms with Crippen LogP contribution in [0.4, 0.5) is 13.2 Å². The number of halogens is 3. The molecule has 0 saturated heterocycles. The molecule has 0 spiro atoms. The molecule has 3 aromatic carbocycles. The molecule has 124 valence electrons. The molecule has 0 saturated carbocycles. The molecule has 1 atom stereocenters. The van der Waals surface area contributed by atoms with Gasteiger partial charge in [0.05, 0.1) is 5.56 Å². The summed E-state index contributed by atoms with van der Waals surface area (Å²) < 4.78 is 38.5. The number of benzene rings is 3. The van der Waals surface area contributed by atoms with Crippen LogP contribution >= 0.6 is 0 Å². The van der Waals surface area contributed by atoms with Crippen molar-refractivity contribution in [1.82, 2.24) is 0 Å². The summed E-state index contributed by atoms with van der Waals surface area (Å²) in [6.45, 7) is 0. The summed E-state index contributed by atoms with van der Waals surface area (Å²) in [6.07, 6.45) is -2.24. The van der Waals surface area contributed by atoms with Crippen molar-refractivity contribution in [2.24, 2.45) is 0 Å². The van der Waals surface area contributed by atoms with Crippen LogP contribution in [0.2, 0.25) is 0 Å². The van der Waals surface area contributed by atoms with Crippen LogP contribution in [0.15, 0.2) is 78.9 Å². The molecule has 0 heterocycles. The number of hydrogen-bond acceptors (Lipinski definition) is 0. The summed E-state index contributed by atoms with van der Waals surface area (Å²) in [6, 6.07) is 23.6. The zero-order valence-corrected chi connectivity index (χ0v) is 13.3. The predicted octanol–water partition coefficient (Wildman–Crippen LogP) is 6.39. The van der Waals surface area contributed by atoms with Gasteiger partial charge in [-0.3, -0.25) is 0 Å². The first kappa shape index (κ1) is 15.7. The summed E-state index contributed by atoms with van der Waals surface area (Å²) in [5.41, 5.74) is 4.66. The Morgan fingerprint density at radius 2 is 1.32 bits per heavy atom. The summed E-state index contributed by atoms with van der Waals surface area (Å²) in [5, 5.41) is 0. The Bertz CT molecular complexity index is 919. The lowest BCUT2D eigenvalue weighted by atomic mass is 9.85. The second kappa shape index (κ2) is 5.92. The first-order chi connectivity index (χ1) is 12.0.